The van der Waals surface area contributed by atoms with Gasteiger partial charge in [0.1, 0.15) is 0 Å². The summed E-state index contributed by atoms with van der Waals surface area (Å²) < 4.78 is 0. The predicted octanol–water partition coefficient (Wildman–Crippen LogP) is 16.4. The first-order valence-electron chi connectivity index (χ1n) is 20.9. The lowest BCUT2D eigenvalue weighted by Crippen LogP contribution is -2.16. The van der Waals surface area contributed by atoms with Crippen molar-refractivity contribution >= 4 is 38.6 Å². The van der Waals surface area contributed by atoms with Crippen LogP contribution in [0.2, 0.25) is 0 Å². The quantitative estimate of drug-likeness (QED) is 0.156. The summed E-state index contributed by atoms with van der Waals surface area (Å²) in [6.07, 6.45) is 0. The zero-order chi connectivity index (χ0) is 40.2. The van der Waals surface area contributed by atoms with Gasteiger partial charge in [0, 0.05) is 22.2 Å². The summed E-state index contributed by atoms with van der Waals surface area (Å²) in [6, 6.07) is 82.4. The highest BCUT2D eigenvalue weighted by molar-refractivity contribution is 6.00. The van der Waals surface area contributed by atoms with Crippen LogP contribution in [0.1, 0.15) is 25.0 Å². The van der Waals surface area contributed by atoms with Crippen LogP contribution in [-0.2, 0) is 5.41 Å². The maximum Gasteiger partial charge on any atom is 0.0543 e. The van der Waals surface area contributed by atoms with Crippen LogP contribution < -0.4 is 4.90 Å². The molecule has 0 saturated heterocycles. The molecule has 11 rings (SSSR count). The third-order valence-electron chi connectivity index (χ3n) is 12.7. The SMILES string of the molecule is CC1(C)c2ccccc2-c2c(N(c3cccc(-c4ccc(-c5cccc6ccccc56)cc4)c3)c3ccccc3-c3ccc(-c4cccc5ccccc45)cc3)cccc21. The van der Waals surface area contributed by atoms with E-state index in [4.69, 9.17) is 0 Å². The highest BCUT2D eigenvalue weighted by atomic mass is 15.1. The second-order valence-corrected chi connectivity index (χ2v) is 16.5. The van der Waals surface area contributed by atoms with Crippen molar-refractivity contribution in [1.29, 1.82) is 0 Å². The molecule has 0 bridgehead atoms. The minimum atomic E-state index is -0.127. The fourth-order valence-electron chi connectivity index (χ4n) is 9.69. The Bertz CT molecular complexity index is 3210. The van der Waals surface area contributed by atoms with E-state index < -0.39 is 0 Å². The number of benzene rings is 10. The van der Waals surface area contributed by atoms with Gasteiger partial charge in [-0.15, -0.1) is 0 Å². The highest BCUT2D eigenvalue weighted by Crippen LogP contribution is 2.55. The van der Waals surface area contributed by atoms with Crippen LogP contribution in [0.3, 0.4) is 0 Å². The predicted molar refractivity (Wildman–Crippen MR) is 255 cm³/mol. The maximum absolute atomic E-state index is 2.50. The molecule has 1 nitrogen and oxygen atoms in total. The first-order chi connectivity index (χ1) is 29.5. The van der Waals surface area contributed by atoms with Crippen molar-refractivity contribution in [1.82, 2.24) is 0 Å². The molecule has 0 fully saturated rings. The summed E-state index contributed by atoms with van der Waals surface area (Å²) in [4.78, 5) is 2.50. The monoisotopic (exact) mass is 765 g/mol. The van der Waals surface area contributed by atoms with Crippen LogP contribution in [-0.4, -0.2) is 0 Å². The summed E-state index contributed by atoms with van der Waals surface area (Å²) in [5.41, 5.74) is 18.2. The minimum Gasteiger partial charge on any atom is -0.309 e. The second kappa shape index (κ2) is 14.4. The molecular formula is C59H43N. The fraction of sp³-hybridized carbons (Fsp3) is 0.0508. The Morgan fingerprint density at radius 1 is 0.317 bits per heavy atom. The first kappa shape index (κ1) is 35.7. The van der Waals surface area contributed by atoms with Crippen LogP contribution in [0.5, 0.6) is 0 Å². The normalized spacial score (nSPS) is 12.6. The lowest BCUT2D eigenvalue weighted by Gasteiger charge is -2.31. The smallest absolute Gasteiger partial charge is 0.0543 e. The number of hydrogen-bond acceptors (Lipinski definition) is 1. The summed E-state index contributed by atoms with van der Waals surface area (Å²) in [6.45, 7) is 4.72. The van der Waals surface area contributed by atoms with Crippen LogP contribution in [0.25, 0.3) is 77.2 Å². The number of para-hydroxylation sites is 1. The topological polar surface area (TPSA) is 3.24 Å². The largest absolute Gasteiger partial charge is 0.309 e. The Balaban J connectivity index is 1.06. The number of nitrogens with zero attached hydrogens (tertiary/aromatic N) is 1. The van der Waals surface area contributed by atoms with Gasteiger partial charge in [-0.25, -0.2) is 0 Å². The Kier molecular flexibility index (Phi) is 8.57. The number of rotatable bonds is 7. The average molecular weight is 766 g/mol. The van der Waals surface area contributed by atoms with Crippen LogP contribution in [0.4, 0.5) is 17.1 Å². The zero-order valence-electron chi connectivity index (χ0n) is 33.8. The van der Waals surface area contributed by atoms with Crippen molar-refractivity contribution in [2.45, 2.75) is 19.3 Å². The van der Waals surface area contributed by atoms with E-state index in [0.717, 1.165) is 11.4 Å². The highest BCUT2D eigenvalue weighted by Gasteiger charge is 2.38. The van der Waals surface area contributed by atoms with Gasteiger partial charge in [0.2, 0.25) is 0 Å². The molecule has 0 spiro atoms. The summed E-state index contributed by atoms with van der Waals surface area (Å²) in [5, 5.41) is 5.05. The van der Waals surface area contributed by atoms with E-state index in [9.17, 15) is 0 Å². The van der Waals surface area contributed by atoms with E-state index in [1.807, 2.05) is 0 Å². The standard InChI is InChI=1S/C59H43N/c1-59(2)54-27-9-7-24-53(54)58-55(59)28-14-30-57(58)60(47-20-11-19-46(39-47)40-31-33-43(34-32-40)50-25-12-17-41-15-3-5-21-48(41)50)56-29-10-8-23-52(56)45-37-35-44(36-38-45)51-26-13-18-42-16-4-6-22-49(42)51/h3-39H,1-2H3. The second-order valence-electron chi connectivity index (χ2n) is 16.5. The maximum atomic E-state index is 2.50. The van der Waals surface area contributed by atoms with Gasteiger partial charge in [-0.3, -0.25) is 0 Å². The molecule has 0 aromatic heterocycles. The Hall–Kier alpha value is -7.48. The molecule has 60 heavy (non-hydrogen) atoms. The van der Waals surface area contributed by atoms with E-state index in [2.05, 4.69) is 243 Å². The van der Waals surface area contributed by atoms with Gasteiger partial charge in [-0.2, -0.15) is 0 Å². The Labute approximate surface area is 352 Å². The molecule has 1 heteroatoms. The molecule has 1 aliphatic carbocycles. The third kappa shape index (κ3) is 5.93. The number of hydrogen-bond donors (Lipinski definition) is 0. The number of fused-ring (bicyclic) bond motifs is 5. The molecule has 0 aliphatic heterocycles. The molecule has 0 saturated carbocycles. The Morgan fingerprint density at radius 3 is 1.43 bits per heavy atom. The molecule has 0 atom stereocenters. The van der Waals surface area contributed by atoms with Gasteiger partial charge in [-0.1, -0.05) is 214 Å². The van der Waals surface area contributed by atoms with Gasteiger partial charge in [-0.05, 0) is 101 Å². The van der Waals surface area contributed by atoms with Crippen LogP contribution >= 0.6 is 0 Å². The van der Waals surface area contributed by atoms with Gasteiger partial charge in [0.05, 0.1) is 11.4 Å². The van der Waals surface area contributed by atoms with E-state index >= 15 is 0 Å². The molecule has 10 aromatic rings. The molecule has 0 heterocycles. The van der Waals surface area contributed by atoms with Gasteiger partial charge in [0.15, 0.2) is 0 Å². The van der Waals surface area contributed by atoms with Gasteiger partial charge < -0.3 is 4.90 Å². The van der Waals surface area contributed by atoms with Crippen molar-refractivity contribution in [2.24, 2.45) is 0 Å². The van der Waals surface area contributed by atoms with E-state index in [1.165, 1.54) is 94.0 Å². The van der Waals surface area contributed by atoms with Crippen molar-refractivity contribution in [3.63, 3.8) is 0 Å². The molecule has 10 aromatic carbocycles. The third-order valence-corrected chi connectivity index (χ3v) is 12.7. The summed E-state index contributed by atoms with van der Waals surface area (Å²) >= 11 is 0. The average Bonchev–Trinajstić information content (AvgIpc) is 3.55. The summed E-state index contributed by atoms with van der Waals surface area (Å²) in [5.74, 6) is 0. The molecule has 0 N–H and O–H groups in total. The van der Waals surface area contributed by atoms with Crippen molar-refractivity contribution < 1.29 is 0 Å². The van der Waals surface area contributed by atoms with Gasteiger partial charge >= 0.3 is 0 Å². The van der Waals surface area contributed by atoms with E-state index in [-0.39, 0.29) is 5.41 Å². The van der Waals surface area contributed by atoms with Gasteiger partial charge in [0.25, 0.3) is 0 Å². The molecule has 0 radical (unpaired) electrons. The minimum absolute atomic E-state index is 0.127. The van der Waals surface area contributed by atoms with E-state index in [0.29, 0.717) is 0 Å². The fourth-order valence-corrected chi connectivity index (χ4v) is 9.69. The summed E-state index contributed by atoms with van der Waals surface area (Å²) in [7, 11) is 0. The van der Waals surface area contributed by atoms with Crippen molar-refractivity contribution in [3.8, 4) is 55.6 Å². The Morgan fingerprint density at radius 2 is 0.767 bits per heavy atom. The number of anilines is 3. The van der Waals surface area contributed by atoms with E-state index in [1.54, 1.807) is 0 Å². The van der Waals surface area contributed by atoms with Crippen molar-refractivity contribution in [2.75, 3.05) is 4.90 Å². The van der Waals surface area contributed by atoms with Crippen molar-refractivity contribution in [3.05, 3.63) is 236 Å². The molecular weight excluding hydrogens is 723 g/mol. The molecule has 0 unspecified atom stereocenters. The molecule has 284 valence electrons. The lowest BCUT2D eigenvalue weighted by atomic mass is 9.82. The van der Waals surface area contributed by atoms with Crippen LogP contribution in [0, 0.1) is 0 Å². The lowest BCUT2D eigenvalue weighted by molar-refractivity contribution is 0.660. The first-order valence-corrected chi connectivity index (χ1v) is 20.9. The molecule has 0 amide bonds. The van der Waals surface area contributed by atoms with Crippen LogP contribution in [0.15, 0.2) is 224 Å². The molecule has 1 aliphatic rings. The zero-order valence-corrected chi connectivity index (χ0v) is 33.8.